The third-order valence-corrected chi connectivity index (χ3v) is 4.80. The van der Waals surface area contributed by atoms with Crippen molar-refractivity contribution >= 4 is 17.5 Å². The first-order chi connectivity index (χ1) is 12.7. The lowest BCUT2D eigenvalue weighted by molar-refractivity contribution is -0.121. The van der Waals surface area contributed by atoms with Crippen molar-refractivity contribution in [1.82, 2.24) is 14.9 Å². The van der Waals surface area contributed by atoms with Gasteiger partial charge in [-0.15, -0.1) is 0 Å². The maximum absolute atomic E-state index is 12.6. The molecule has 134 valence electrons. The topological polar surface area (TPSA) is 46.9 Å². The molecule has 1 amide bonds. The number of aromatic nitrogens is 2. The van der Waals surface area contributed by atoms with E-state index in [2.05, 4.69) is 17.2 Å². The number of halogens is 1. The van der Waals surface area contributed by atoms with Crippen LogP contribution in [0.2, 0.25) is 5.02 Å². The Hall–Kier alpha value is -2.59. The minimum Gasteiger partial charge on any atom is -0.349 e. The van der Waals surface area contributed by atoms with Crippen LogP contribution in [0.4, 0.5) is 0 Å². The Morgan fingerprint density at radius 3 is 2.62 bits per heavy atom. The molecule has 26 heavy (non-hydrogen) atoms. The molecule has 1 aromatic heterocycles. The largest absolute Gasteiger partial charge is 0.349 e. The van der Waals surface area contributed by atoms with Gasteiger partial charge in [-0.25, -0.2) is 4.98 Å². The quantitative estimate of drug-likeness (QED) is 0.673. The van der Waals surface area contributed by atoms with Gasteiger partial charge in [-0.1, -0.05) is 60.1 Å². The first kappa shape index (κ1) is 18.2. The summed E-state index contributed by atoms with van der Waals surface area (Å²) in [5.41, 5.74) is 2.04. The van der Waals surface area contributed by atoms with E-state index in [-0.39, 0.29) is 11.8 Å². The fourth-order valence-corrected chi connectivity index (χ4v) is 3.35. The number of nitrogens with zero attached hydrogens (tertiary/aromatic N) is 2. The summed E-state index contributed by atoms with van der Waals surface area (Å²) in [7, 11) is 0. The van der Waals surface area contributed by atoms with Crippen molar-refractivity contribution in [2.75, 3.05) is 0 Å². The molecule has 5 heteroatoms. The highest BCUT2D eigenvalue weighted by Gasteiger charge is 2.20. The Labute approximate surface area is 158 Å². The average Bonchev–Trinajstić information content (AvgIpc) is 3.13. The molecule has 4 nitrogen and oxygen atoms in total. The van der Waals surface area contributed by atoms with Gasteiger partial charge < -0.3 is 9.88 Å². The van der Waals surface area contributed by atoms with Gasteiger partial charge >= 0.3 is 0 Å². The molecule has 2 aromatic carbocycles. The Balaban J connectivity index is 1.76. The molecule has 0 aliphatic rings. The van der Waals surface area contributed by atoms with Crippen LogP contribution in [0.25, 0.3) is 0 Å². The molecule has 0 aliphatic carbocycles. The van der Waals surface area contributed by atoms with Crippen LogP contribution >= 0.6 is 11.6 Å². The molecule has 0 saturated carbocycles. The zero-order chi connectivity index (χ0) is 18.4. The van der Waals surface area contributed by atoms with E-state index in [1.54, 1.807) is 6.20 Å². The van der Waals surface area contributed by atoms with E-state index in [0.29, 0.717) is 18.0 Å². The molecule has 3 aromatic rings. The molecular weight excluding hydrogens is 346 g/mol. The van der Waals surface area contributed by atoms with Gasteiger partial charge in [0.05, 0.1) is 6.54 Å². The van der Waals surface area contributed by atoms with Crippen LogP contribution in [0.5, 0.6) is 0 Å². The number of hydrogen-bond donors (Lipinski definition) is 1. The van der Waals surface area contributed by atoms with Crippen molar-refractivity contribution in [2.24, 2.45) is 0 Å². The standard InChI is InChI=1S/C21H22ClN3O/c1-2-25-13-12-23-20(25)15-24-21(26)14-18(16-8-4-3-5-9-16)17-10-6-7-11-19(17)22/h3-13,18H,2,14-15H2,1H3,(H,24,26)/t18-/m0/s1. The Kier molecular flexibility index (Phi) is 6.08. The highest BCUT2D eigenvalue weighted by atomic mass is 35.5. The summed E-state index contributed by atoms with van der Waals surface area (Å²) < 4.78 is 2.02. The SMILES string of the molecule is CCn1ccnc1CNC(=O)C[C@@H](c1ccccc1)c1ccccc1Cl. The minimum absolute atomic E-state index is 0.0237. The van der Waals surface area contributed by atoms with Crippen LogP contribution in [-0.4, -0.2) is 15.5 Å². The second-order valence-corrected chi connectivity index (χ2v) is 6.50. The highest BCUT2D eigenvalue weighted by Crippen LogP contribution is 2.32. The third kappa shape index (κ3) is 4.33. The monoisotopic (exact) mass is 367 g/mol. The number of benzene rings is 2. The smallest absolute Gasteiger partial charge is 0.221 e. The zero-order valence-electron chi connectivity index (χ0n) is 14.7. The summed E-state index contributed by atoms with van der Waals surface area (Å²) in [6.45, 7) is 3.30. The number of carbonyl (C=O) groups is 1. The summed E-state index contributed by atoms with van der Waals surface area (Å²) in [5, 5.41) is 3.66. The van der Waals surface area contributed by atoms with E-state index in [1.807, 2.05) is 65.4 Å². The third-order valence-electron chi connectivity index (χ3n) is 4.46. The fourth-order valence-electron chi connectivity index (χ4n) is 3.08. The molecule has 1 atom stereocenters. The summed E-state index contributed by atoms with van der Waals surface area (Å²) >= 11 is 6.41. The minimum atomic E-state index is -0.0872. The lowest BCUT2D eigenvalue weighted by Gasteiger charge is -2.19. The van der Waals surface area contributed by atoms with Gasteiger partial charge in [0.15, 0.2) is 0 Å². The van der Waals surface area contributed by atoms with E-state index in [0.717, 1.165) is 23.5 Å². The molecule has 0 fully saturated rings. The molecule has 0 aliphatic heterocycles. The van der Waals surface area contributed by atoms with E-state index < -0.39 is 0 Å². The van der Waals surface area contributed by atoms with Gasteiger partial charge in [-0.2, -0.15) is 0 Å². The van der Waals surface area contributed by atoms with E-state index in [1.165, 1.54) is 0 Å². The summed E-state index contributed by atoms with van der Waals surface area (Å²) in [6.07, 6.45) is 4.00. The number of amides is 1. The fraction of sp³-hybridized carbons (Fsp3) is 0.238. The maximum atomic E-state index is 12.6. The Morgan fingerprint density at radius 2 is 1.88 bits per heavy atom. The average molecular weight is 368 g/mol. The van der Waals surface area contributed by atoms with Crippen LogP contribution < -0.4 is 5.32 Å². The molecule has 1 N–H and O–H groups in total. The lowest BCUT2D eigenvalue weighted by atomic mass is 9.88. The van der Waals surface area contributed by atoms with Crippen molar-refractivity contribution in [3.63, 3.8) is 0 Å². The summed E-state index contributed by atoms with van der Waals surface area (Å²) in [5.74, 6) is 0.745. The molecule has 0 saturated heterocycles. The zero-order valence-corrected chi connectivity index (χ0v) is 15.5. The normalized spacial score (nSPS) is 11.9. The molecule has 1 heterocycles. The molecule has 3 rings (SSSR count). The van der Waals surface area contributed by atoms with E-state index in [4.69, 9.17) is 11.6 Å². The van der Waals surface area contributed by atoms with Crippen molar-refractivity contribution < 1.29 is 4.79 Å². The van der Waals surface area contributed by atoms with Crippen molar-refractivity contribution in [2.45, 2.75) is 32.4 Å². The number of hydrogen-bond acceptors (Lipinski definition) is 2. The van der Waals surface area contributed by atoms with Gasteiger partial charge in [0, 0.05) is 36.3 Å². The van der Waals surface area contributed by atoms with Gasteiger partial charge in [0.1, 0.15) is 5.82 Å². The number of carbonyl (C=O) groups excluding carboxylic acids is 1. The molecular formula is C21H22ClN3O. The predicted octanol–water partition coefficient (Wildman–Crippen LogP) is 4.39. The predicted molar refractivity (Wildman–Crippen MR) is 104 cm³/mol. The van der Waals surface area contributed by atoms with Crippen molar-refractivity contribution in [3.8, 4) is 0 Å². The maximum Gasteiger partial charge on any atom is 0.221 e. The molecule has 0 bridgehead atoms. The van der Waals surface area contributed by atoms with Crippen LogP contribution in [0.1, 0.15) is 36.2 Å². The Morgan fingerprint density at radius 1 is 1.15 bits per heavy atom. The second kappa shape index (κ2) is 8.68. The van der Waals surface area contributed by atoms with Gasteiger partial charge in [0.25, 0.3) is 0 Å². The van der Waals surface area contributed by atoms with Crippen LogP contribution in [0.15, 0.2) is 67.0 Å². The first-order valence-corrected chi connectivity index (χ1v) is 9.13. The molecule has 0 unspecified atom stereocenters. The van der Waals surface area contributed by atoms with Crippen molar-refractivity contribution in [3.05, 3.63) is 89.0 Å². The Bertz CT molecular complexity index is 860. The lowest BCUT2D eigenvalue weighted by Crippen LogP contribution is -2.26. The van der Waals surface area contributed by atoms with E-state index >= 15 is 0 Å². The van der Waals surface area contributed by atoms with Crippen LogP contribution in [-0.2, 0) is 17.9 Å². The number of nitrogens with one attached hydrogen (secondary N) is 1. The summed E-state index contributed by atoms with van der Waals surface area (Å²) in [4.78, 5) is 16.9. The van der Waals surface area contributed by atoms with Crippen molar-refractivity contribution in [1.29, 1.82) is 0 Å². The first-order valence-electron chi connectivity index (χ1n) is 8.75. The van der Waals surface area contributed by atoms with Gasteiger partial charge in [-0.05, 0) is 24.1 Å². The molecule has 0 spiro atoms. The number of aryl methyl sites for hydroxylation is 1. The number of imidazole rings is 1. The van der Waals surface area contributed by atoms with Gasteiger partial charge in [-0.3, -0.25) is 4.79 Å². The van der Waals surface area contributed by atoms with Crippen LogP contribution in [0.3, 0.4) is 0 Å². The number of rotatable bonds is 7. The van der Waals surface area contributed by atoms with Gasteiger partial charge in [0.2, 0.25) is 5.91 Å². The van der Waals surface area contributed by atoms with Crippen LogP contribution in [0, 0.1) is 0 Å². The van der Waals surface area contributed by atoms with E-state index in [9.17, 15) is 4.79 Å². The molecule has 0 radical (unpaired) electrons. The second-order valence-electron chi connectivity index (χ2n) is 6.10. The highest BCUT2D eigenvalue weighted by molar-refractivity contribution is 6.31. The summed E-state index contributed by atoms with van der Waals surface area (Å²) in [6, 6.07) is 17.7.